The van der Waals surface area contributed by atoms with Crippen LogP contribution < -0.4 is 0 Å². The van der Waals surface area contributed by atoms with Crippen molar-refractivity contribution >= 4 is 0 Å². The Balaban J connectivity index is 0. The Bertz CT molecular complexity index is 94.9. The van der Waals surface area contributed by atoms with Gasteiger partial charge < -0.3 is 0 Å². The van der Waals surface area contributed by atoms with Gasteiger partial charge in [0, 0.05) is 21.8 Å². The Morgan fingerprint density at radius 2 is 1.38 bits per heavy atom. The van der Waals surface area contributed by atoms with Crippen LogP contribution in [0.25, 0.3) is 0 Å². The van der Waals surface area contributed by atoms with Crippen molar-refractivity contribution < 1.29 is 13.9 Å². The molecule has 0 atom stereocenters. The SMILES string of the molecule is CC.CCCCC[N+](F)(F)CCC. The van der Waals surface area contributed by atoms with Crippen LogP contribution in [0, 0.1) is 0 Å². The van der Waals surface area contributed by atoms with E-state index >= 15 is 0 Å². The highest BCUT2D eigenvalue weighted by atomic mass is 19.4. The third-order valence-electron chi connectivity index (χ3n) is 1.64. The maximum absolute atomic E-state index is 12.7. The molecule has 0 aliphatic heterocycles. The summed E-state index contributed by atoms with van der Waals surface area (Å²) in [5.74, 6) is 0. The van der Waals surface area contributed by atoms with Crippen molar-refractivity contribution in [1.82, 2.24) is 0 Å². The van der Waals surface area contributed by atoms with E-state index in [2.05, 4.69) is 0 Å². The molecule has 0 fully saturated rings. The number of nitrogens with zero attached hydrogens (tertiary/aromatic N) is 1. The minimum atomic E-state index is -1.80. The summed E-state index contributed by atoms with van der Waals surface area (Å²) in [6, 6.07) is 0. The van der Waals surface area contributed by atoms with Gasteiger partial charge in [0.15, 0.2) is 13.1 Å². The minimum absolute atomic E-state index is 0.0102. The average molecular weight is 196 g/mol. The van der Waals surface area contributed by atoms with Crippen LogP contribution in [0.1, 0.15) is 53.4 Å². The Hall–Kier alpha value is -0.180. The van der Waals surface area contributed by atoms with Gasteiger partial charge in [-0.15, -0.1) is 0 Å². The molecule has 3 heteroatoms. The van der Waals surface area contributed by atoms with E-state index in [-0.39, 0.29) is 13.1 Å². The number of quaternary nitrogens is 1. The molecule has 0 N–H and O–H groups in total. The Labute approximate surface area is 81.2 Å². The van der Waals surface area contributed by atoms with Gasteiger partial charge in [0.2, 0.25) is 0 Å². The molecule has 0 aliphatic carbocycles. The van der Waals surface area contributed by atoms with Gasteiger partial charge in [-0.25, -0.2) is 0 Å². The first kappa shape index (κ1) is 15.3. The Morgan fingerprint density at radius 1 is 0.846 bits per heavy atom. The van der Waals surface area contributed by atoms with Gasteiger partial charge >= 0.3 is 0 Å². The maximum Gasteiger partial charge on any atom is 0.155 e. The number of halogens is 2. The van der Waals surface area contributed by atoms with Gasteiger partial charge in [-0.1, -0.05) is 34.1 Å². The highest BCUT2D eigenvalue weighted by Gasteiger charge is 2.26. The van der Waals surface area contributed by atoms with Crippen LogP contribution in [-0.4, -0.2) is 18.0 Å². The molecular formula is C10H24F2N+. The smallest absolute Gasteiger partial charge is 0.0683 e. The minimum Gasteiger partial charge on any atom is -0.0683 e. The summed E-state index contributed by atoms with van der Waals surface area (Å²) in [6.07, 6.45) is 3.12. The molecule has 82 valence electrons. The Kier molecular flexibility index (Phi) is 11.7. The Morgan fingerprint density at radius 3 is 1.77 bits per heavy atom. The van der Waals surface area contributed by atoms with E-state index < -0.39 is 4.93 Å². The predicted molar refractivity (Wildman–Crippen MR) is 53.4 cm³/mol. The number of hydrogen-bond acceptors (Lipinski definition) is 0. The lowest BCUT2D eigenvalue weighted by atomic mass is 10.2. The highest BCUT2D eigenvalue weighted by molar-refractivity contribution is 4.34. The standard InChI is InChI=1S/C8H18F2N.C2H6/c1-3-5-6-8-11(9,10)7-4-2;1-2/h3-8H2,1-2H3;1-2H3/q+1;. The van der Waals surface area contributed by atoms with Crippen molar-refractivity contribution in [3.8, 4) is 0 Å². The van der Waals surface area contributed by atoms with E-state index in [0.29, 0.717) is 12.8 Å². The molecule has 0 aromatic rings. The molecular weight excluding hydrogens is 172 g/mol. The largest absolute Gasteiger partial charge is 0.155 e. The van der Waals surface area contributed by atoms with Crippen LogP contribution in [-0.2, 0) is 0 Å². The summed E-state index contributed by atoms with van der Waals surface area (Å²) in [5, 5.41) is 0. The van der Waals surface area contributed by atoms with E-state index in [4.69, 9.17) is 0 Å². The molecule has 0 aromatic heterocycles. The summed E-state index contributed by atoms with van der Waals surface area (Å²) in [7, 11) is 0. The second-order valence-electron chi connectivity index (χ2n) is 2.92. The zero-order valence-electron chi connectivity index (χ0n) is 9.45. The molecule has 13 heavy (non-hydrogen) atoms. The van der Waals surface area contributed by atoms with Crippen LogP contribution in [0.4, 0.5) is 8.96 Å². The molecule has 1 nitrogen and oxygen atoms in total. The predicted octanol–water partition coefficient (Wildman–Crippen LogP) is 4.20. The summed E-state index contributed by atoms with van der Waals surface area (Å²) in [6.45, 7) is 7.81. The molecule has 0 aliphatic rings. The molecule has 0 spiro atoms. The fraction of sp³-hybridized carbons (Fsp3) is 1.00. The molecule has 0 bridgehead atoms. The van der Waals surface area contributed by atoms with Crippen LogP contribution in [0.5, 0.6) is 0 Å². The van der Waals surface area contributed by atoms with E-state index in [0.717, 1.165) is 12.8 Å². The van der Waals surface area contributed by atoms with Crippen molar-refractivity contribution in [2.75, 3.05) is 13.1 Å². The second-order valence-corrected chi connectivity index (χ2v) is 2.92. The zero-order chi connectivity index (χ0) is 10.7. The van der Waals surface area contributed by atoms with Crippen LogP contribution in [0.3, 0.4) is 0 Å². The molecule has 0 aromatic carbocycles. The number of unbranched alkanes of at least 4 members (excludes halogenated alkanes) is 2. The molecule has 0 saturated heterocycles. The zero-order valence-corrected chi connectivity index (χ0v) is 9.45. The monoisotopic (exact) mass is 196 g/mol. The second kappa shape index (κ2) is 9.90. The topological polar surface area (TPSA) is 0 Å². The quantitative estimate of drug-likeness (QED) is 0.441. The first-order chi connectivity index (χ1) is 6.12. The summed E-state index contributed by atoms with van der Waals surface area (Å²) in [5.41, 5.74) is 0. The lowest BCUT2D eigenvalue weighted by molar-refractivity contribution is -1.17. The van der Waals surface area contributed by atoms with E-state index in [1.807, 2.05) is 20.8 Å². The molecule has 0 unspecified atom stereocenters. The van der Waals surface area contributed by atoms with Gasteiger partial charge in [0.1, 0.15) is 0 Å². The third-order valence-corrected chi connectivity index (χ3v) is 1.64. The van der Waals surface area contributed by atoms with Crippen LogP contribution in [0.2, 0.25) is 0 Å². The maximum atomic E-state index is 12.7. The van der Waals surface area contributed by atoms with Crippen LogP contribution >= 0.6 is 0 Å². The van der Waals surface area contributed by atoms with E-state index in [1.54, 1.807) is 6.92 Å². The summed E-state index contributed by atoms with van der Waals surface area (Å²) >= 11 is 0. The first-order valence-corrected chi connectivity index (χ1v) is 5.38. The van der Waals surface area contributed by atoms with E-state index in [9.17, 15) is 8.96 Å². The van der Waals surface area contributed by atoms with Gasteiger partial charge in [-0.3, -0.25) is 0 Å². The van der Waals surface area contributed by atoms with Crippen molar-refractivity contribution in [2.45, 2.75) is 53.4 Å². The molecule has 0 saturated carbocycles. The third kappa shape index (κ3) is 11.8. The summed E-state index contributed by atoms with van der Waals surface area (Å²) in [4.78, 5) is -1.80. The normalized spacial score (nSPS) is 10.6. The van der Waals surface area contributed by atoms with Crippen LogP contribution in [0.15, 0.2) is 0 Å². The van der Waals surface area contributed by atoms with Crippen molar-refractivity contribution in [3.05, 3.63) is 0 Å². The highest BCUT2D eigenvalue weighted by Crippen LogP contribution is 2.12. The van der Waals surface area contributed by atoms with Crippen molar-refractivity contribution in [3.63, 3.8) is 0 Å². The fourth-order valence-electron chi connectivity index (χ4n) is 1.03. The summed E-state index contributed by atoms with van der Waals surface area (Å²) < 4.78 is 25.4. The lowest BCUT2D eigenvalue weighted by Gasteiger charge is -2.11. The molecule has 0 radical (unpaired) electrons. The van der Waals surface area contributed by atoms with Gasteiger partial charge in [0.05, 0.1) is 4.93 Å². The number of hydrogen-bond donors (Lipinski definition) is 0. The lowest BCUT2D eigenvalue weighted by Crippen LogP contribution is -2.31. The van der Waals surface area contributed by atoms with Gasteiger partial charge in [-0.05, 0) is 6.42 Å². The van der Waals surface area contributed by atoms with E-state index in [1.165, 1.54) is 0 Å². The fourth-order valence-corrected chi connectivity index (χ4v) is 1.03. The average Bonchev–Trinajstić information content (AvgIpc) is 2.08. The van der Waals surface area contributed by atoms with Gasteiger partial charge in [0.25, 0.3) is 0 Å². The van der Waals surface area contributed by atoms with Crippen molar-refractivity contribution in [2.24, 2.45) is 0 Å². The molecule has 0 heterocycles. The molecule has 0 amide bonds. The number of rotatable bonds is 6. The molecule has 0 rings (SSSR count). The van der Waals surface area contributed by atoms with Crippen molar-refractivity contribution in [1.29, 1.82) is 0 Å². The van der Waals surface area contributed by atoms with Gasteiger partial charge in [-0.2, -0.15) is 0 Å². The first-order valence-electron chi connectivity index (χ1n) is 5.38.